The highest BCUT2D eigenvalue weighted by atomic mass is 15.1. The average molecular weight is 235 g/mol. The molecule has 0 amide bonds. The minimum absolute atomic E-state index is 0.492. The molecule has 1 saturated carbocycles. The van der Waals surface area contributed by atoms with Gasteiger partial charge >= 0.3 is 0 Å². The zero-order chi connectivity index (χ0) is 12.3. The summed E-state index contributed by atoms with van der Waals surface area (Å²) in [5, 5.41) is 10.8. The van der Waals surface area contributed by atoms with E-state index in [1.165, 1.54) is 36.9 Å². The minimum Gasteiger partial charge on any atom is -0.313 e. The van der Waals surface area contributed by atoms with Gasteiger partial charge in [-0.15, -0.1) is 0 Å². The summed E-state index contributed by atoms with van der Waals surface area (Å²) < 4.78 is 0. The molecule has 1 fully saturated rings. The fraction of sp³-hybridized carbons (Fsp3) is 0.786. The van der Waals surface area contributed by atoms with Crippen LogP contribution in [0.15, 0.2) is 6.20 Å². The van der Waals surface area contributed by atoms with Crippen LogP contribution in [0, 0.1) is 12.3 Å². The molecule has 1 aromatic rings. The molecule has 2 rings (SSSR count). The average Bonchev–Trinajstić information content (AvgIpc) is 2.81. The molecule has 1 aliphatic rings. The summed E-state index contributed by atoms with van der Waals surface area (Å²) in [7, 11) is 0. The van der Waals surface area contributed by atoms with Gasteiger partial charge in [-0.05, 0) is 50.1 Å². The molecule has 0 bridgehead atoms. The Hall–Kier alpha value is -0.830. The molecule has 1 aliphatic carbocycles. The smallest absolute Gasteiger partial charge is 0.0522 e. The van der Waals surface area contributed by atoms with Crippen molar-refractivity contribution in [1.29, 1.82) is 0 Å². The summed E-state index contributed by atoms with van der Waals surface area (Å²) in [6.45, 7) is 7.99. The molecule has 96 valence electrons. The van der Waals surface area contributed by atoms with Gasteiger partial charge in [-0.3, -0.25) is 5.10 Å². The maximum absolute atomic E-state index is 4.06. The van der Waals surface area contributed by atoms with Gasteiger partial charge in [0.05, 0.1) is 6.20 Å². The largest absolute Gasteiger partial charge is 0.313 e. The number of aryl methyl sites for hydroxylation is 2. The van der Waals surface area contributed by atoms with E-state index in [0.29, 0.717) is 11.5 Å². The van der Waals surface area contributed by atoms with E-state index in [-0.39, 0.29) is 0 Å². The Bertz CT molecular complexity index is 354. The van der Waals surface area contributed by atoms with Gasteiger partial charge in [0.25, 0.3) is 0 Å². The molecular formula is C14H25N3. The SMILES string of the molecule is Cc1[nH]ncc1CCCNC1CCCC1(C)C. The number of nitrogens with one attached hydrogen (secondary N) is 2. The van der Waals surface area contributed by atoms with Crippen LogP contribution >= 0.6 is 0 Å². The Labute approximate surface area is 104 Å². The van der Waals surface area contributed by atoms with Crippen LogP contribution in [0.5, 0.6) is 0 Å². The predicted molar refractivity (Wildman–Crippen MR) is 71.1 cm³/mol. The maximum atomic E-state index is 4.06. The van der Waals surface area contributed by atoms with Crippen LogP contribution < -0.4 is 5.32 Å². The first-order valence-electron chi connectivity index (χ1n) is 6.82. The third-order valence-electron chi connectivity index (χ3n) is 4.21. The first-order chi connectivity index (χ1) is 8.09. The summed E-state index contributed by atoms with van der Waals surface area (Å²) >= 11 is 0. The lowest BCUT2D eigenvalue weighted by atomic mass is 9.87. The van der Waals surface area contributed by atoms with Crippen molar-refractivity contribution < 1.29 is 0 Å². The van der Waals surface area contributed by atoms with E-state index in [4.69, 9.17) is 0 Å². The second kappa shape index (κ2) is 5.21. The Morgan fingerprint density at radius 3 is 2.94 bits per heavy atom. The normalized spacial score (nSPS) is 23.1. The van der Waals surface area contributed by atoms with E-state index in [9.17, 15) is 0 Å². The minimum atomic E-state index is 0.492. The van der Waals surface area contributed by atoms with Crippen molar-refractivity contribution in [2.24, 2.45) is 5.41 Å². The van der Waals surface area contributed by atoms with E-state index in [0.717, 1.165) is 13.0 Å². The summed E-state index contributed by atoms with van der Waals surface area (Å²) in [4.78, 5) is 0. The molecule has 1 heterocycles. The topological polar surface area (TPSA) is 40.7 Å². The van der Waals surface area contributed by atoms with Crippen molar-refractivity contribution in [2.45, 2.75) is 58.9 Å². The lowest BCUT2D eigenvalue weighted by Gasteiger charge is -2.28. The van der Waals surface area contributed by atoms with Crippen molar-refractivity contribution >= 4 is 0 Å². The molecule has 17 heavy (non-hydrogen) atoms. The number of H-pyrrole nitrogens is 1. The second-order valence-electron chi connectivity index (χ2n) is 6.01. The zero-order valence-electron chi connectivity index (χ0n) is 11.3. The lowest BCUT2D eigenvalue weighted by molar-refractivity contribution is 0.283. The van der Waals surface area contributed by atoms with Gasteiger partial charge in [-0.25, -0.2) is 0 Å². The van der Waals surface area contributed by atoms with Crippen molar-refractivity contribution in [1.82, 2.24) is 15.5 Å². The molecule has 0 spiro atoms. The van der Waals surface area contributed by atoms with Gasteiger partial charge in [0.2, 0.25) is 0 Å². The molecule has 1 atom stereocenters. The molecule has 0 radical (unpaired) electrons. The number of hydrogen-bond acceptors (Lipinski definition) is 2. The molecule has 0 aromatic carbocycles. The number of aromatic nitrogens is 2. The van der Waals surface area contributed by atoms with E-state index in [1.807, 2.05) is 6.20 Å². The third-order valence-corrected chi connectivity index (χ3v) is 4.21. The Morgan fingerprint density at radius 1 is 1.53 bits per heavy atom. The van der Waals surface area contributed by atoms with E-state index in [1.54, 1.807) is 0 Å². The third kappa shape index (κ3) is 3.09. The standard InChI is InChI=1S/C14H25N3/c1-11-12(10-16-17-11)6-5-9-15-13-7-4-8-14(13,2)3/h10,13,15H,4-9H2,1-3H3,(H,16,17). The van der Waals surface area contributed by atoms with Crippen LogP contribution in [0.3, 0.4) is 0 Å². The summed E-state index contributed by atoms with van der Waals surface area (Å²) in [5.74, 6) is 0. The van der Waals surface area contributed by atoms with Gasteiger partial charge in [0.1, 0.15) is 0 Å². The quantitative estimate of drug-likeness (QED) is 0.770. The molecular weight excluding hydrogens is 210 g/mol. The van der Waals surface area contributed by atoms with Gasteiger partial charge in [0.15, 0.2) is 0 Å². The Morgan fingerprint density at radius 2 is 2.35 bits per heavy atom. The Kier molecular flexibility index (Phi) is 3.87. The summed E-state index contributed by atoms with van der Waals surface area (Å²) in [6.07, 6.45) is 8.37. The van der Waals surface area contributed by atoms with Crippen molar-refractivity contribution in [3.8, 4) is 0 Å². The van der Waals surface area contributed by atoms with Gasteiger partial charge < -0.3 is 5.32 Å². The van der Waals surface area contributed by atoms with Gasteiger partial charge in [0, 0.05) is 11.7 Å². The number of hydrogen-bond donors (Lipinski definition) is 2. The fourth-order valence-electron chi connectivity index (χ4n) is 2.89. The molecule has 1 unspecified atom stereocenters. The number of nitrogens with zero attached hydrogens (tertiary/aromatic N) is 1. The molecule has 0 aliphatic heterocycles. The van der Waals surface area contributed by atoms with E-state index < -0.39 is 0 Å². The highest BCUT2D eigenvalue weighted by Gasteiger charge is 2.33. The zero-order valence-corrected chi connectivity index (χ0v) is 11.3. The summed E-state index contributed by atoms with van der Waals surface area (Å²) in [5.41, 5.74) is 3.06. The lowest BCUT2D eigenvalue weighted by Crippen LogP contribution is -2.38. The predicted octanol–water partition coefficient (Wildman–Crippen LogP) is 2.82. The second-order valence-corrected chi connectivity index (χ2v) is 6.01. The van der Waals surface area contributed by atoms with Gasteiger partial charge in [-0.1, -0.05) is 20.3 Å². The molecule has 2 N–H and O–H groups in total. The van der Waals surface area contributed by atoms with Crippen LogP contribution in [-0.2, 0) is 6.42 Å². The van der Waals surface area contributed by atoms with Crippen LogP contribution in [0.4, 0.5) is 0 Å². The van der Waals surface area contributed by atoms with Gasteiger partial charge in [-0.2, -0.15) is 5.10 Å². The first kappa shape index (κ1) is 12.6. The highest BCUT2D eigenvalue weighted by molar-refractivity contribution is 5.14. The molecule has 0 saturated heterocycles. The molecule has 1 aromatic heterocycles. The molecule has 3 heteroatoms. The van der Waals surface area contributed by atoms with Crippen LogP contribution in [0.1, 0.15) is 50.8 Å². The highest BCUT2D eigenvalue weighted by Crippen LogP contribution is 2.37. The maximum Gasteiger partial charge on any atom is 0.0522 e. The Balaban J connectivity index is 1.68. The van der Waals surface area contributed by atoms with Crippen molar-refractivity contribution in [3.05, 3.63) is 17.5 Å². The van der Waals surface area contributed by atoms with E-state index >= 15 is 0 Å². The van der Waals surface area contributed by atoms with Crippen LogP contribution in [-0.4, -0.2) is 22.8 Å². The van der Waals surface area contributed by atoms with Crippen LogP contribution in [0.25, 0.3) is 0 Å². The number of aromatic amines is 1. The van der Waals surface area contributed by atoms with Crippen molar-refractivity contribution in [2.75, 3.05) is 6.54 Å². The summed E-state index contributed by atoms with van der Waals surface area (Å²) in [6, 6.07) is 0.716. The van der Waals surface area contributed by atoms with E-state index in [2.05, 4.69) is 36.3 Å². The van der Waals surface area contributed by atoms with Crippen LogP contribution in [0.2, 0.25) is 0 Å². The number of rotatable bonds is 5. The monoisotopic (exact) mass is 235 g/mol. The first-order valence-corrected chi connectivity index (χ1v) is 6.82. The fourth-order valence-corrected chi connectivity index (χ4v) is 2.89. The molecule has 3 nitrogen and oxygen atoms in total. The van der Waals surface area contributed by atoms with Crippen molar-refractivity contribution in [3.63, 3.8) is 0 Å².